The maximum atomic E-state index is 5.74. The average molecular weight is 211 g/mol. The third-order valence-corrected chi connectivity index (χ3v) is 2.36. The van der Waals surface area contributed by atoms with Crippen molar-refractivity contribution in [1.82, 2.24) is 19.6 Å². The highest BCUT2D eigenvalue weighted by atomic mass is 15.3. The van der Waals surface area contributed by atoms with Gasteiger partial charge in [0.05, 0.1) is 0 Å². The van der Waals surface area contributed by atoms with Crippen LogP contribution in [0.15, 0.2) is 42.9 Å². The van der Waals surface area contributed by atoms with Gasteiger partial charge in [0, 0.05) is 23.5 Å². The van der Waals surface area contributed by atoms with Crippen molar-refractivity contribution < 1.29 is 0 Å². The lowest BCUT2D eigenvalue weighted by Gasteiger charge is -2.00. The van der Waals surface area contributed by atoms with E-state index >= 15 is 0 Å². The fourth-order valence-corrected chi connectivity index (χ4v) is 1.62. The van der Waals surface area contributed by atoms with Crippen LogP contribution in [0.25, 0.3) is 17.0 Å². The summed E-state index contributed by atoms with van der Waals surface area (Å²) in [5.41, 5.74) is 8.14. The van der Waals surface area contributed by atoms with Gasteiger partial charge in [0.25, 0.3) is 0 Å². The van der Waals surface area contributed by atoms with Crippen LogP contribution >= 0.6 is 0 Å². The predicted octanol–water partition coefficient (Wildman–Crippen LogP) is 1.37. The molecule has 3 aromatic rings. The number of hydrogen-bond donors (Lipinski definition) is 1. The van der Waals surface area contributed by atoms with Crippen LogP contribution in [0.3, 0.4) is 0 Å². The van der Waals surface area contributed by atoms with Crippen LogP contribution in [-0.4, -0.2) is 19.6 Å². The molecule has 16 heavy (non-hydrogen) atoms. The zero-order chi connectivity index (χ0) is 11.0. The zero-order valence-corrected chi connectivity index (χ0v) is 8.41. The average Bonchev–Trinajstić information content (AvgIpc) is 2.72. The van der Waals surface area contributed by atoms with Crippen molar-refractivity contribution in [1.29, 1.82) is 0 Å². The van der Waals surface area contributed by atoms with Gasteiger partial charge >= 0.3 is 0 Å². The van der Waals surface area contributed by atoms with Gasteiger partial charge in [-0.1, -0.05) is 12.1 Å². The van der Waals surface area contributed by atoms with Crippen molar-refractivity contribution in [3.63, 3.8) is 0 Å². The van der Waals surface area contributed by atoms with E-state index in [0.717, 1.165) is 17.0 Å². The Labute approximate surface area is 91.6 Å². The van der Waals surface area contributed by atoms with Crippen molar-refractivity contribution in [2.45, 2.75) is 0 Å². The van der Waals surface area contributed by atoms with Crippen molar-refractivity contribution in [3.8, 4) is 11.4 Å². The monoisotopic (exact) mass is 211 g/mol. The van der Waals surface area contributed by atoms with Gasteiger partial charge in [-0.3, -0.25) is 4.40 Å². The number of aromatic nitrogens is 4. The van der Waals surface area contributed by atoms with E-state index in [1.165, 1.54) is 0 Å². The molecule has 0 saturated heterocycles. The van der Waals surface area contributed by atoms with Gasteiger partial charge in [-0.15, -0.1) is 10.2 Å². The van der Waals surface area contributed by atoms with Gasteiger partial charge in [0.1, 0.15) is 6.33 Å². The fourth-order valence-electron chi connectivity index (χ4n) is 1.62. The van der Waals surface area contributed by atoms with Gasteiger partial charge in [-0.2, -0.15) is 0 Å². The molecule has 3 rings (SSSR count). The summed E-state index contributed by atoms with van der Waals surface area (Å²) in [7, 11) is 0. The third kappa shape index (κ3) is 1.30. The first-order valence-electron chi connectivity index (χ1n) is 4.85. The van der Waals surface area contributed by atoms with E-state index < -0.39 is 0 Å². The summed E-state index contributed by atoms with van der Waals surface area (Å²) in [4.78, 5) is 4.05. The van der Waals surface area contributed by atoms with E-state index in [2.05, 4.69) is 15.2 Å². The van der Waals surface area contributed by atoms with Gasteiger partial charge in [0.2, 0.25) is 0 Å². The van der Waals surface area contributed by atoms with Crippen LogP contribution in [-0.2, 0) is 0 Å². The van der Waals surface area contributed by atoms with E-state index in [9.17, 15) is 0 Å². The second-order valence-corrected chi connectivity index (χ2v) is 3.46. The van der Waals surface area contributed by atoms with E-state index in [1.54, 1.807) is 12.5 Å². The lowest BCUT2D eigenvalue weighted by Crippen LogP contribution is -1.91. The molecular formula is C11H9N5. The predicted molar refractivity (Wildman–Crippen MR) is 60.6 cm³/mol. The summed E-state index contributed by atoms with van der Waals surface area (Å²) >= 11 is 0. The largest absolute Gasteiger partial charge is 0.399 e. The standard InChI is InChI=1S/C11H9N5/c12-9-3-1-2-8(6-9)11-15-14-10-4-5-13-7-16(10)11/h1-7H,12H2. The minimum atomic E-state index is 0.707. The molecule has 5 nitrogen and oxygen atoms in total. The first-order valence-corrected chi connectivity index (χ1v) is 4.85. The second-order valence-electron chi connectivity index (χ2n) is 3.46. The van der Waals surface area contributed by atoms with Crippen LogP contribution < -0.4 is 5.73 Å². The normalized spacial score (nSPS) is 10.8. The number of benzene rings is 1. The minimum Gasteiger partial charge on any atom is -0.399 e. The van der Waals surface area contributed by atoms with Crippen LogP contribution in [0.1, 0.15) is 0 Å². The second kappa shape index (κ2) is 3.30. The summed E-state index contributed by atoms with van der Waals surface area (Å²) in [5.74, 6) is 0.746. The molecule has 0 fully saturated rings. The maximum Gasteiger partial charge on any atom is 0.169 e. The van der Waals surface area contributed by atoms with Crippen LogP contribution in [0.4, 0.5) is 5.69 Å². The number of nitrogen functional groups attached to an aromatic ring is 1. The molecule has 0 atom stereocenters. The van der Waals surface area contributed by atoms with Crippen molar-refractivity contribution in [2.24, 2.45) is 0 Å². The molecule has 2 N–H and O–H groups in total. The van der Waals surface area contributed by atoms with Gasteiger partial charge in [0.15, 0.2) is 11.5 Å². The molecule has 0 aliphatic heterocycles. The van der Waals surface area contributed by atoms with E-state index in [1.807, 2.05) is 34.7 Å². The summed E-state index contributed by atoms with van der Waals surface area (Å²) in [6, 6.07) is 9.35. The van der Waals surface area contributed by atoms with Crippen molar-refractivity contribution in [2.75, 3.05) is 5.73 Å². The fraction of sp³-hybridized carbons (Fsp3) is 0. The molecule has 2 aromatic heterocycles. The van der Waals surface area contributed by atoms with Crippen LogP contribution in [0.2, 0.25) is 0 Å². The van der Waals surface area contributed by atoms with E-state index in [0.29, 0.717) is 5.69 Å². The molecule has 0 unspecified atom stereocenters. The molecule has 0 spiro atoms. The molecule has 5 heteroatoms. The quantitative estimate of drug-likeness (QED) is 0.617. The topological polar surface area (TPSA) is 69.1 Å². The molecule has 0 aliphatic rings. The number of anilines is 1. The minimum absolute atomic E-state index is 0.707. The molecule has 2 heterocycles. The Kier molecular flexibility index (Phi) is 1.83. The Morgan fingerprint density at radius 2 is 2.06 bits per heavy atom. The van der Waals surface area contributed by atoms with Crippen molar-refractivity contribution >= 4 is 11.3 Å². The lowest BCUT2D eigenvalue weighted by molar-refractivity contribution is 1.08. The number of nitrogens with zero attached hydrogens (tertiary/aromatic N) is 4. The Hall–Kier alpha value is -2.43. The number of nitrogens with two attached hydrogens (primary N) is 1. The highest BCUT2D eigenvalue weighted by Gasteiger charge is 2.07. The van der Waals surface area contributed by atoms with E-state index in [4.69, 9.17) is 5.73 Å². The van der Waals surface area contributed by atoms with Gasteiger partial charge in [-0.25, -0.2) is 4.98 Å². The van der Waals surface area contributed by atoms with Gasteiger partial charge in [-0.05, 0) is 12.1 Å². The van der Waals surface area contributed by atoms with Crippen LogP contribution in [0.5, 0.6) is 0 Å². The zero-order valence-electron chi connectivity index (χ0n) is 8.41. The Morgan fingerprint density at radius 1 is 1.12 bits per heavy atom. The first-order chi connectivity index (χ1) is 7.84. The molecule has 0 radical (unpaired) electrons. The van der Waals surface area contributed by atoms with E-state index in [-0.39, 0.29) is 0 Å². The number of rotatable bonds is 1. The molecule has 0 bridgehead atoms. The Morgan fingerprint density at radius 3 is 2.94 bits per heavy atom. The summed E-state index contributed by atoms with van der Waals surface area (Å²) in [6.07, 6.45) is 3.38. The molecule has 78 valence electrons. The third-order valence-electron chi connectivity index (χ3n) is 2.36. The Bertz CT molecular complexity index is 643. The summed E-state index contributed by atoms with van der Waals surface area (Å²) in [5, 5.41) is 8.18. The highest BCUT2D eigenvalue weighted by Crippen LogP contribution is 2.19. The Balaban J connectivity index is 2.26. The lowest BCUT2D eigenvalue weighted by atomic mass is 10.2. The molecule has 1 aromatic carbocycles. The summed E-state index contributed by atoms with van der Waals surface area (Å²) in [6.45, 7) is 0. The molecule has 0 saturated carbocycles. The van der Waals surface area contributed by atoms with Crippen molar-refractivity contribution in [3.05, 3.63) is 42.9 Å². The molecule has 0 aliphatic carbocycles. The highest BCUT2D eigenvalue weighted by molar-refractivity contribution is 5.63. The molecular weight excluding hydrogens is 202 g/mol. The van der Waals surface area contributed by atoms with Gasteiger partial charge < -0.3 is 5.73 Å². The maximum absolute atomic E-state index is 5.74. The first kappa shape index (κ1) is 8.84. The summed E-state index contributed by atoms with van der Waals surface area (Å²) < 4.78 is 1.83. The smallest absolute Gasteiger partial charge is 0.169 e. The molecule has 0 amide bonds. The number of hydrogen-bond acceptors (Lipinski definition) is 4. The SMILES string of the molecule is Nc1cccc(-c2nnc3ccncn23)c1. The van der Waals surface area contributed by atoms with Crippen LogP contribution in [0, 0.1) is 0 Å². The number of fused-ring (bicyclic) bond motifs is 1.